The molecule has 1 rings (SSSR count). The summed E-state index contributed by atoms with van der Waals surface area (Å²) in [6.07, 6.45) is -0.676. The summed E-state index contributed by atoms with van der Waals surface area (Å²) in [5, 5.41) is 19.9. The molecular weight excluding hydrogens is 288 g/mol. The maximum Gasteiger partial charge on any atom is 0.323 e. The molecule has 0 radical (unpaired) electrons. The lowest BCUT2D eigenvalue weighted by molar-refractivity contribution is -0.386. The highest BCUT2D eigenvalue weighted by Gasteiger charge is 2.32. The number of nitrogens with zero attached hydrogens (tertiary/aromatic N) is 1. The summed E-state index contributed by atoms with van der Waals surface area (Å²) in [7, 11) is 0. The minimum absolute atomic E-state index is 0.0231. The van der Waals surface area contributed by atoms with Crippen LogP contribution in [-0.4, -0.2) is 27.6 Å². The largest absolute Gasteiger partial charge is 0.483 e. The first-order valence-corrected chi connectivity index (χ1v) is 6.15. The van der Waals surface area contributed by atoms with Crippen molar-refractivity contribution in [3.8, 4) is 5.75 Å². The van der Waals surface area contributed by atoms with E-state index in [1.165, 1.54) is 25.1 Å². The predicted octanol–water partition coefficient (Wildman–Crippen LogP) is 2.21. The van der Waals surface area contributed by atoms with Gasteiger partial charge < -0.3 is 15.6 Å². The molecule has 2 atom stereocenters. The minimum Gasteiger partial charge on any atom is -0.483 e. The summed E-state index contributed by atoms with van der Waals surface area (Å²) in [5.74, 6) is -1.27. The van der Waals surface area contributed by atoms with Crippen molar-refractivity contribution in [1.29, 1.82) is 0 Å². The van der Waals surface area contributed by atoms with Crippen LogP contribution in [0.2, 0.25) is 5.02 Å². The second kappa shape index (κ2) is 6.06. The Bertz CT molecular complexity index is 533. The molecule has 0 saturated carbocycles. The normalized spacial score (nSPS) is 15.2. The van der Waals surface area contributed by atoms with Crippen molar-refractivity contribution in [1.82, 2.24) is 0 Å². The molecule has 0 amide bonds. The number of carboxylic acids is 1. The number of benzene rings is 1. The maximum atomic E-state index is 10.9. The zero-order valence-electron chi connectivity index (χ0n) is 11.0. The van der Waals surface area contributed by atoms with Gasteiger partial charge in [0.25, 0.3) is 0 Å². The second-order valence-corrected chi connectivity index (χ2v) is 5.11. The first-order chi connectivity index (χ1) is 9.15. The van der Waals surface area contributed by atoms with E-state index in [0.717, 1.165) is 0 Å². The summed E-state index contributed by atoms with van der Waals surface area (Å²) in [5.41, 5.74) is 3.83. The highest BCUT2D eigenvalue weighted by atomic mass is 35.5. The highest BCUT2D eigenvalue weighted by molar-refractivity contribution is 6.32. The molecule has 0 aliphatic carbocycles. The number of carbonyl (C=O) groups is 1. The van der Waals surface area contributed by atoms with E-state index >= 15 is 0 Å². The monoisotopic (exact) mass is 302 g/mol. The SMILES string of the molecule is CC(CC(C)(N)C(=O)O)Oc1c(Cl)cccc1[N+](=O)[O-]. The number of aliphatic carboxylic acids is 1. The van der Waals surface area contributed by atoms with Crippen LogP contribution in [0, 0.1) is 10.1 Å². The first-order valence-electron chi connectivity index (χ1n) is 5.77. The second-order valence-electron chi connectivity index (χ2n) is 4.70. The minimum atomic E-state index is -1.49. The topological polar surface area (TPSA) is 116 Å². The summed E-state index contributed by atoms with van der Waals surface area (Å²) < 4.78 is 5.41. The summed E-state index contributed by atoms with van der Waals surface area (Å²) in [6.45, 7) is 2.91. The van der Waals surface area contributed by atoms with Crippen LogP contribution in [0.3, 0.4) is 0 Å². The molecule has 3 N–H and O–H groups in total. The van der Waals surface area contributed by atoms with Crippen LogP contribution in [0.25, 0.3) is 0 Å². The standard InChI is InChI=1S/C12H15ClN2O5/c1-7(6-12(2,14)11(16)17)20-10-8(13)4-3-5-9(10)15(18)19/h3-5,7H,6,14H2,1-2H3,(H,16,17). The van der Waals surface area contributed by atoms with Gasteiger partial charge in [-0.05, 0) is 19.9 Å². The van der Waals surface area contributed by atoms with Crippen molar-refractivity contribution in [3.05, 3.63) is 33.3 Å². The Morgan fingerprint density at radius 3 is 2.75 bits per heavy atom. The third-order valence-electron chi connectivity index (χ3n) is 2.66. The maximum absolute atomic E-state index is 10.9. The molecule has 7 nitrogen and oxygen atoms in total. The zero-order valence-corrected chi connectivity index (χ0v) is 11.8. The number of halogens is 1. The number of rotatable bonds is 6. The van der Waals surface area contributed by atoms with Crippen molar-refractivity contribution < 1.29 is 19.6 Å². The third-order valence-corrected chi connectivity index (χ3v) is 2.96. The lowest BCUT2D eigenvalue weighted by Crippen LogP contribution is -2.47. The number of nitro groups is 1. The average Bonchev–Trinajstić information content (AvgIpc) is 2.30. The Labute approximate surface area is 120 Å². The van der Waals surface area contributed by atoms with E-state index in [2.05, 4.69) is 0 Å². The summed E-state index contributed by atoms with van der Waals surface area (Å²) in [6, 6.07) is 4.14. The van der Waals surface area contributed by atoms with Crippen molar-refractivity contribution in [2.75, 3.05) is 0 Å². The van der Waals surface area contributed by atoms with E-state index in [0.29, 0.717) is 0 Å². The number of hydrogen-bond donors (Lipinski definition) is 2. The van der Waals surface area contributed by atoms with Gasteiger partial charge in [0.15, 0.2) is 0 Å². The molecule has 0 bridgehead atoms. The van der Waals surface area contributed by atoms with Gasteiger partial charge in [-0.1, -0.05) is 17.7 Å². The van der Waals surface area contributed by atoms with Gasteiger partial charge in [-0.2, -0.15) is 0 Å². The molecular formula is C12H15ClN2O5. The number of hydrogen-bond acceptors (Lipinski definition) is 5. The fraction of sp³-hybridized carbons (Fsp3) is 0.417. The van der Waals surface area contributed by atoms with Crippen LogP contribution >= 0.6 is 11.6 Å². The van der Waals surface area contributed by atoms with Crippen LogP contribution in [0.1, 0.15) is 20.3 Å². The fourth-order valence-corrected chi connectivity index (χ4v) is 1.90. The van der Waals surface area contributed by atoms with Crippen molar-refractivity contribution >= 4 is 23.3 Å². The van der Waals surface area contributed by atoms with Crippen LogP contribution < -0.4 is 10.5 Å². The number of nitro benzene ring substituents is 1. The van der Waals surface area contributed by atoms with E-state index in [-0.39, 0.29) is 22.9 Å². The molecule has 1 aromatic rings. The lowest BCUT2D eigenvalue weighted by atomic mass is 9.96. The molecule has 8 heteroatoms. The van der Waals surface area contributed by atoms with Crippen LogP contribution in [-0.2, 0) is 4.79 Å². The summed E-state index contributed by atoms with van der Waals surface area (Å²) in [4.78, 5) is 21.2. The fourth-order valence-electron chi connectivity index (χ4n) is 1.69. The molecule has 0 saturated heterocycles. The quantitative estimate of drug-likeness (QED) is 0.614. The van der Waals surface area contributed by atoms with Gasteiger partial charge >= 0.3 is 11.7 Å². The molecule has 0 fully saturated rings. The Kier molecular flexibility index (Phi) is 4.91. The molecule has 20 heavy (non-hydrogen) atoms. The van der Waals surface area contributed by atoms with E-state index < -0.39 is 22.5 Å². The van der Waals surface area contributed by atoms with Gasteiger partial charge in [0, 0.05) is 12.5 Å². The van der Waals surface area contributed by atoms with Gasteiger partial charge in [0.1, 0.15) is 5.54 Å². The number of ether oxygens (including phenoxy) is 1. The first kappa shape index (κ1) is 16.2. The average molecular weight is 303 g/mol. The zero-order chi connectivity index (χ0) is 15.5. The van der Waals surface area contributed by atoms with Crippen molar-refractivity contribution in [2.45, 2.75) is 31.9 Å². The Hall–Kier alpha value is -1.86. The van der Waals surface area contributed by atoms with Crippen molar-refractivity contribution in [2.24, 2.45) is 5.73 Å². The Morgan fingerprint density at radius 1 is 1.65 bits per heavy atom. The van der Waals surface area contributed by atoms with Crippen LogP contribution in [0.4, 0.5) is 5.69 Å². The van der Waals surface area contributed by atoms with Gasteiger partial charge in [-0.15, -0.1) is 0 Å². The smallest absolute Gasteiger partial charge is 0.323 e. The van der Waals surface area contributed by atoms with Gasteiger partial charge in [-0.3, -0.25) is 14.9 Å². The van der Waals surface area contributed by atoms with E-state index in [1.807, 2.05) is 0 Å². The molecule has 0 aliphatic heterocycles. The van der Waals surface area contributed by atoms with E-state index in [4.69, 9.17) is 27.2 Å². The van der Waals surface area contributed by atoms with Gasteiger partial charge in [0.2, 0.25) is 5.75 Å². The van der Waals surface area contributed by atoms with Crippen LogP contribution in [0.15, 0.2) is 18.2 Å². The van der Waals surface area contributed by atoms with Crippen molar-refractivity contribution in [3.63, 3.8) is 0 Å². The Morgan fingerprint density at radius 2 is 2.25 bits per heavy atom. The molecule has 110 valence electrons. The number of para-hydroxylation sites is 1. The predicted molar refractivity (Wildman–Crippen MR) is 73.0 cm³/mol. The molecule has 0 aliphatic rings. The summed E-state index contributed by atoms with van der Waals surface area (Å²) >= 11 is 5.87. The van der Waals surface area contributed by atoms with Crippen LogP contribution in [0.5, 0.6) is 5.75 Å². The number of nitrogens with two attached hydrogens (primary N) is 1. The van der Waals surface area contributed by atoms with E-state index in [1.54, 1.807) is 6.92 Å². The molecule has 0 heterocycles. The Balaban J connectivity index is 2.94. The molecule has 2 unspecified atom stereocenters. The molecule has 1 aromatic carbocycles. The lowest BCUT2D eigenvalue weighted by Gasteiger charge is -2.24. The highest BCUT2D eigenvalue weighted by Crippen LogP contribution is 2.35. The van der Waals surface area contributed by atoms with Gasteiger partial charge in [-0.25, -0.2) is 0 Å². The van der Waals surface area contributed by atoms with E-state index in [9.17, 15) is 14.9 Å². The third kappa shape index (κ3) is 3.82. The van der Waals surface area contributed by atoms with Gasteiger partial charge in [0.05, 0.1) is 16.0 Å². The molecule has 0 spiro atoms. The molecule has 0 aromatic heterocycles. The number of carboxylic acid groups (broad SMARTS) is 1.